The first-order valence-electron chi connectivity index (χ1n) is 10.2. The second-order valence-corrected chi connectivity index (χ2v) is 8.53. The number of thiophene rings is 1. The number of hydrogen-bond donors (Lipinski definition) is 1. The van der Waals surface area contributed by atoms with E-state index in [0.717, 1.165) is 47.1 Å². The second-order valence-electron chi connectivity index (χ2n) is 7.42. The van der Waals surface area contributed by atoms with Crippen LogP contribution in [0, 0.1) is 12.7 Å². The molecule has 0 fully saturated rings. The predicted octanol–water partition coefficient (Wildman–Crippen LogP) is 6.56. The van der Waals surface area contributed by atoms with Crippen LogP contribution in [0.15, 0.2) is 42.5 Å². The maximum atomic E-state index is 13.5. The lowest BCUT2D eigenvalue weighted by Crippen LogP contribution is -2.10. The average Bonchev–Trinajstić information content (AvgIpc) is 3.12. The van der Waals surface area contributed by atoms with E-state index < -0.39 is 5.97 Å². The lowest BCUT2D eigenvalue weighted by molar-refractivity contribution is -0.139. The molecule has 30 heavy (non-hydrogen) atoms. The van der Waals surface area contributed by atoms with Crippen LogP contribution in [0.3, 0.4) is 0 Å². The zero-order chi connectivity index (χ0) is 21.5. The third-order valence-electron chi connectivity index (χ3n) is 5.04. The molecule has 2 aromatic carbocycles. The van der Waals surface area contributed by atoms with Gasteiger partial charge in [0.15, 0.2) is 6.61 Å². The van der Waals surface area contributed by atoms with Crippen LogP contribution in [0.2, 0.25) is 0 Å². The highest BCUT2D eigenvalue weighted by Gasteiger charge is 2.15. The molecule has 1 heterocycles. The highest BCUT2D eigenvalue weighted by molar-refractivity contribution is 7.19. The van der Waals surface area contributed by atoms with Gasteiger partial charge in [-0.1, -0.05) is 25.8 Å². The molecule has 1 atom stereocenters. The monoisotopic (exact) mass is 430 g/mol. The van der Waals surface area contributed by atoms with Crippen molar-refractivity contribution in [3.63, 3.8) is 0 Å². The maximum Gasteiger partial charge on any atom is 0.341 e. The summed E-state index contributed by atoms with van der Waals surface area (Å²) < 4.78 is 25.7. The molecule has 0 radical (unpaired) electrons. The van der Waals surface area contributed by atoms with E-state index in [1.54, 1.807) is 29.5 Å². The van der Waals surface area contributed by atoms with Crippen LogP contribution in [-0.2, 0) is 4.79 Å². The van der Waals surface area contributed by atoms with E-state index in [2.05, 4.69) is 13.0 Å². The molecule has 0 saturated carbocycles. The molecule has 0 spiro atoms. The number of rotatable bonds is 11. The van der Waals surface area contributed by atoms with Gasteiger partial charge in [0.1, 0.15) is 17.3 Å². The van der Waals surface area contributed by atoms with Crippen LogP contribution in [0.25, 0.3) is 10.1 Å². The van der Waals surface area contributed by atoms with E-state index in [1.165, 1.54) is 10.9 Å². The Morgan fingerprint density at radius 1 is 1.13 bits per heavy atom. The van der Waals surface area contributed by atoms with Crippen LogP contribution in [0.5, 0.6) is 11.5 Å². The minimum absolute atomic E-state index is 0.199. The van der Waals surface area contributed by atoms with Gasteiger partial charge in [-0.15, -0.1) is 11.3 Å². The standard InChI is InChI=1S/C24H27FO4S/c1-3-4-5-17(22-13-18-6-7-19(25)14-23(18)30-22)10-11-28-20-8-9-21(16(2)12-20)29-15-24(26)27/h6-9,12-14,17H,3-5,10-11,15H2,1-2H3,(H,26,27). The second kappa shape index (κ2) is 10.4. The smallest absolute Gasteiger partial charge is 0.341 e. The number of carbonyl (C=O) groups is 1. The molecular weight excluding hydrogens is 403 g/mol. The molecule has 0 aliphatic rings. The van der Waals surface area contributed by atoms with Crippen molar-refractivity contribution in [3.8, 4) is 11.5 Å². The number of halogens is 1. The number of aliphatic carboxylic acids is 1. The minimum Gasteiger partial charge on any atom is -0.494 e. The topological polar surface area (TPSA) is 55.8 Å². The molecule has 1 unspecified atom stereocenters. The van der Waals surface area contributed by atoms with Crippen LogP contribution >= 0.6 is 11.3 Å². The van der Waals surface area contributed by atoms with Gasteiger partial charge in [0.25, 0.3) is 0 Å². The fraction of sp³-hybridized carbons (Fsp3) is 0.375. The zero-order valence-corrected chi connectivity index (χ0v) is 18.1. The molecule has 4 nitrogen and oxygen atoms in total. The molecule has 1 aromatic heterocycles. The summed E-state index contributed by atoms with van der Waals surface area (Å²) in [4.78, 5) is 11.9. The molecule has 0 aliphatic carbocycles. The number of benzene rings is 2. The Labute approximate surface area is 180 Å². The summed E-state index contributed by atoms with van der Waals surface area (Å²) in [6.45, 7) is 4.26. The molecule has 0 aliphatic heterocycles. The summed E-state index contributed by atoms with van der Waals surface area (Å²) in [5.41, 5.74) is 0.836. The third-order valence-corrected chi connectivity index (χ3v) is 6.30. The van der Waals surface area contributed by atoms with Gasteiger partial charge in [-0.25, -0.2) is 9.18 Å². The molecule has 3 rings (SSSR count). The lowest BCUT2D eigenvalue weighted by Gasteiger charge is -2.16. The van der Waals surface area contributed by atoms with Gasteiger partial charge in [0, 0.05) is 9.58 Å². The van der Waals surface area contributed by atoms with Crippen molar-refractivity contribution in [3.05, 3.63) is 58.7 Å². The summed E-state index contributed by atoms with van der Waals surface area (Å²) >= 11 is 1.67. The number of fused-ring (bicyclic) bond motifs is 1. The minimum atomic E-state index is -1.00. The Morgan fingerprint density at radius 3 is 2.70 bits per heavy atom. The van der Waals surface area contributed by atoms with Crippen molar-refractivity contribution < 1.29 is 23.8 Å². The van der Waals surface area contributed by atoms with Gasteiger partial charge in [-0.3, -0.25) is 0 Å². The average molecular weight is 431 g/mol. The summed E-state index contributed by atoms with van der Waals surface area (Å²) in [5.74, 6) is 0.461. The molecular formula is C24H27FO4S. The van der Waals surface area contributed by atoms with E-state index in [0.29, 0.717) is 18.3 Å². The SMILES string of the molecule is CCCCC(CCOc1ccc(OCC(=O)O)c(C)c1)c1cc2ccc(F)cc2s1. The van der Waals surface area contributed by atoms with Crippen LogP contribution in [0.1, 0.15) is 49.0 Å². The highest BCUT2D eigenvalue weighted by atomic mass is 32.1. The third kappa shape index (κ3) is 5.95. The molecule has 0 amide bonds. The maximum absolute atomic E-state index is 13.5. The Bertz CT molecular complexity index is 998. The predicted molar refractivity (Wildman–Crippen MR) is 118 cm³/mol. The Hall–Kier alpha value is -2.60. The first kappa shape index (κ1) is 22.1. The summed E-state index contributed by atoms with van der Waals surface area (Å²) in [7, 11) is 0. The fourth-order valence-electron chi connectivity index (χ4n) is 3.44. The first-order chi connectivity index (χ1) is 14.5. The van der Waals surface area contributed by atoms with Crippen molar-refractivity contribution >= 4 is 27.4 Å². The number of hydrogen-bond acceptors (Lipinski definition) is 4. The van der Waals surface area contributed by atoms with Crippen molar-refractivity contribution in [2.75, 3.05) is 13.2 Å². The summed E-state index contributed by atoms with van der Waals surface area (Å²) in [5, 5.41) is 9.83. The molecule has 0 saturated heterocycles. The van der Waals surface area contributed by atoms with Gasteiger partial charge in [0.2, 0.25) is 0 Å². The Kier molecular flexibility index (Phi) is 7.69. The zero-order valence-electron chi connectivity index (χ0n) is 17.3. The van der Waals surface area contributed by atoms with Gasteiger partial charge >= 0.3 is 5.97 Å². The van der Waals surface area contributed by atoms with E-state index in [9.17, 15) is 9.18 Å². The van der Waals surface area contributed by atoms with Gasteiger partial charge in [0.05, 0.1) is 6.61 Å². The fourth-order valence-corrected chi connectivity index (χ4v) is 4.70. The van der Waals surface area contributed by atoms with Crippen LogP contribution in [-0.4, -0.2) is 24.3 Å². The molecule has 6 heteroatoms. The van der Waals surface area contributed by atoms with E-state index in [1.807, 2.05) is 19.1 Å². The quantitative estimate of drug-likeness (QED) is 0.374. The number of aryl methyl sites for hydroxylation is 1. The Morgan fingerprint density at radius 2 is 1.97 bits per heavy atom. The normalized spacial score (nSPS) is 12.1. The molecule has 1 N–H and O–H groups in total. The number of carboxylic acids is 1. The lowest BCUT2D eigenvalue weighted by atomic mass is 9.97. The van der Waals surface area contributed by atoms with Crippen LogP contribution < -0.4 is 9.47 Å². The Balaban J connectivity index is 1.63. The molecule has 0 bridgehead atoms. The van der Waals surface area contributed by atoms with E-state index in [-0.39, 0.29) is 12.4 Å². The number of ether oxygens (including phenoxy) is 2. The highest BCUT2D eigenvalue weighted by Crippen LogP contribution is 2.36. The first-order valence-corrected chi connectivity index (χ1v) is 11.0. The number of unbranched alkanes of at least 4 members (excludes halogenated alkanes) is 1. The van der Waals surface area contributed by atoms with Crippen molar-refractivity contribution in [1.82, 2.24) is 0 Å². The molecule has 160 valence electrons. The van der Waals surface area contributed by atoms with Crippen LogP contribution in [0.4, 0.5) is 4.39 Å². The van der Waals surface area contributed by atoms with Crippen molar-refractivity contribution in [2.45, 2.75) is 45.4 Å². The van der Waals surface area contributed by atoms with Gasteiger partial charge < -0.3 is 14.6 Å². The van der Waals surface area contributed by atoms with Crippen molar-refractivity contribution in [1.29, 1.82) is 0 Å². The van der Waals surface area contributed by atoms with Gasteiger partial charge in [-0.2, -0.15) is 0 Å². The largest absolute Gasteiger partial charge is 0.494 e. The van der Waals surface area contributed by atoms with E-state index >= 15 is 0 Å². The summed E-state index contributed by atoms with van der Waals surface area (Å²) in [6, 6.07) is 12.5. The number of carboxylic acid groups (broad SMARTS) is 1. The van der Waals surface area contributed by atoms with E-state index in [4.69, 9.17) is 14.6 Å². The van der Waals surface area contributed by atoms with Gasteiger partial charge in [-0.05, 0) is 73.0 Å². The van der Waals surface area contributed by atoms with Crippen molar-refractivity contribution in [2.24, 2.45) is 0 Å². The molecule has 3 aromatic rings. The summed E-state index contributed by atoms with van der Waals surface area (Å²) in [6.07, 6.45) is 4.23.